The number of benzene rings is 1. The molecule has 0 bridgehead atoms. The van der Waals surface area contributed by atoms with E-state index in [1.54, 1.807) is 0 Å². The lowest BCUT2D eigenvalue weighted by molar-refractivity contribution is 0.566. The molecule has 1 atom stereocenters. The molecule has 0 radical (unpaired) electrons. The highest BCUT2D eigenvalue weighted by molar-refractivity contribution is 6.31. The zero-order valence-corrected chi connectivity index (χ0v) is 12.4. The highest BCUT2D eigenvalue weighted by Crippen LogP contribution is 2.27. The fourth-order valence-corrected chi connectivity index (χ4v) is 2.55. The van der Waals surface area contributed by atoms with E-state index in [9.17, 15) is 0 Å². The standard InChI is InChI=1S/C15H20ClN3/c1-4-9-19-10-8-18-15(19)14(17-3)12-6-5-7-13(16)11(12)2/h5-8,10,14,17H,4,9H2,1-3H3. The van der Waals surface area contributed by atoms with E-state index in [0.717, 1.165) is 29.4 Å². The molecule has 102 valence electrons. The number of aryl methyl sites for hydroxylation is 1. The van der Waals surface area contributed by atoms with Crippen LogP contribution in [-0.2, 0) is 6.54 Å². The number of nitrogens with one attached hydrogen (secondary N) is 1. The van der Waals surface area contributed by atoms with Crippen molar-refractivity contribution in [3.05, 3.63) is 52.6 Å². The molecular weight excluding hydrogens is 258 g/mol. The van der Waals surface area contributed by atoms with Crippen molar-refractivity contribution in [1.82, 2.24) is 14.9 Å². The molecule has 1 unspecified atom stereocenters. The second-order valence-corrected chi connectivity index (χ2v) is 5.06. The largest absolute Gasteiger partial charge is 0.333 e. The van der Waals surface area contributed by atoms with E-state index in [-0.39, 0.29) is 6.04 Å². The second kappa shape index (κ2) is 6.22. The third-order valence-corrected chi connectivity index (χ3v) is 3.79. The maximum atomic E-state index is 6.22. The van der Waals surface area contributed by atoms with Crippen LogP contribution in [0.15, 0.2) is 30.6 Å². The van der Waals surface area contributed by atoms with Crippen LogP contribution in [0.3, 0.4) is 0 Å². The van der Waals surface area contributed by atoms with Gasteiger partial charge in [0.1, 0.15) is 5.82 Å². The summed E-state index contributed by atoms with van der Waals surface area (Å²) in [5, 5.41) is 4.14. The lowest BCUT2D eigenvalue weighted by Crippen LogP contribution is -2.23. The summed E-state index contributed by atoms with van der Waals surface area (Å²) in [6, 6.07) is 6.08. The molecule has 1 aromatic heterocycles. The second-order valence-electron chi connectivity index (χ2n) is 4.65. The Morgan fingerprint density at radius 2 is 2.21 bits per heavy atom. The Bertz CT molecular complexity index is 548. The molecule has 0 saturated heterocycles. The van der Waals surface area contributed by atoms with Gasteiger partial charge in [-0.15, -0.1) is 0 Å². The van der Waals surface area contributed by atoms with Crippen molar-refractivity contribution in [2.45, 2.75) is 32.9 Å². The number of rotatable bonds is 5. The monoisotopic (exact) mass is 277 g/mol. The van der Waals surface area contributed by atoms with E-state index in [2.05, 4.69) is 34.8 Å². The normalized spacial score (nSPS) is 12.6. The van der Waals surface area contributed by atoms with Gasteiger partial charge in [0.15, 0.2) is 0 Å². The quantitative estimate of drug-likeness (QED) is 0.906. The Morgan fingerprint density at radius 3 is 2.89 bits per heavy atom. The lowest BCUT2D eigenvalue weighted by atomic mass is 10.0. The molecule has 1 aromatic carbocycles. The first-order chi connectivity index (χ1) is 9.19. The molecule has 0 fully saturated rings. The maximum Gasteiger partial charge on any atom is 0.130 e. The van der Waals surface area contributed by atoms with Crippen LogP contribution >= 0.6 is 11.6 Å². The molecule has 3 nitrogen and oxygen atoms in total. The molecule has 2 rings (SSSR count). The van der Waals surface area contributed by atoms with Gasteiger partial charge in [-0.2, -0.15) is 0 Å². The third kappa shape index (κ3) is 2.82. The third-order valence-electron chi connectivity index (χ3n) is 3.38. The summed E-state index contributed by atoms with van der Waals surface area (Å²) >= 11 is 6.22. The van der Waals surface area contributed by atoms with Crippen LogP contribution in [0.4, 0.5) is 0 Å². The summed E-state index contributed by atoms with van der Waals surface area (Å²) in [4.78, 5) is 4.51. The maximum absolute atomic E-state index is 6.22. The first-order valence-corrected chi connectivity index (χ1v) is 7.00. The first kappa shape index (κ1) is 14.1. The van der Waals surface area contributed by atoms with Gasteiger partial charge >= 0.3 is 0 Å². The van der Waals surface area contributed by atoms with Gasteiger partial charge in [0, 0.05) is 24.0 Å². The van der Waals surface area contributed by atoms with Gasteiger partial charge in [0.2, 0.25) is 0 Å². The molecule has 4 heteroatoms. The summed E-state index contributed by atoms with van der Waals surface area (Å²) in [6.07, 6.45) is 4.98. The van der Waals surface area contributed by atoms with Crippen LogP contribution in [-0.4, -0.2) is 16.6 Å². The minimum absolute atomic E-state index is 0.0697. The molecular formula is C15H20ClN3. The van der Waals surface area contributed by atoms with Crippen LogP contribution in [0, 0.1) is 6.92 Å². The fraction of sp³-hybridized carbons (Fsp3) is 0.400. The fourth-order valence-electron chi connectivity index (χ4n) is 2.37. The number of aromatic nitrogens is 2. The highest BCUT2D eigenvalue weighted by atomic mass is 35.5. The molecule has 0 aliphatic heterocycles. The van der Waals surface area contributed by atoms with Crippen molar-refractivity contribution < 1.29 is 0 Å². The van der Waals surface area contributed by atoms with Crippen LogP contribution in [0.2, 0.25) is 5.02 Å². The number of hydrogen-bond acceptors (Lipinski definition) is 2. The smallest absolute Gasteiger partial charge is 0.130 e. The minimum atomic E-state index is 0.0697. The van der Waals surface area contributed by atoms with Gasteiger partial charge in [-0.1, -0.05) is 30.7 Å². The van der Waals surface area contributed by atoms with Gasteiger partial charge in [-0.05, 0) is 37.6 Å². The summed E-state index contributed by atoms with van der Waals surface area (Å²) in [6.45, 7) is 5.20. The number of halogens is 1. The van der Waals surface area contributed by atoms with E-state index >= 15 is 0 Å². The van der Waals surface area contributed by atoms with Crippen LogP contribution < -0.4 is 5.32 Å². The van der Waals surface area contributed by atoms with E-state index in [4.69, 9.17) is 11.6 Å². The van der Waals surface area contributed by atoms with Gasteiger partial charge in [-0.25, -0.2) is 4.98 Å². The summed E-state index contributed by atoms with van der Waals surface area (Å²) in [7, 11) is 1.95. The van der Waals surface area contributed by atoms with Gasteiger partial charge in [-0.3, -0.25) is 0 Å². The average molecular weight is 278 g/mol. The molecule has 2 aromatic rings. The SMILES string of the molecule is CCCn1ccnc1C(NC)c1cccc(Cl)c1C. The Morgan fingerprint density at radius 1 is 1.42 bits per heavy atom. The molecule has 19 heavy (non-hydrogen) atoms. The molecule has 0 amide bonds. The summed E-state index contributed by atoms with van der Waals surface area (Å²) in [5.74, 6) is 1.04. The van der Waals surface area contributed by atoms with Crippen molar-refractivity contribution in [2.75, 3.05) is 7.05 Å². The highest BCUT2D eigenvalue weighted by Gasteiger charge is 2.19. The summed E-state index contributed by atoms with van der Waals surface area (Å²) < 4.78 is 2.20. The molecule has 0 saturated carbocycles. The van der Waals surface area contributed by atoms with E-state index in [0.29, 0.717) is 0 Å². The van der Waals surface area contributed by atoms with Crippen molar-refractivity contribution in [3.63, 3.8) is 0 Å². The van der Waals surface area contributed by atoms with Crippen LogP contribution in [0.5, 0.6) is 0 Å². The molecule has 0 aliphatic rings. The minimum Gasteiger partial charge on any atom is -0.333 e. The van der Waals surface area contributed by atoms with Crippen LogP contribution in [0.25, 0.3) is 0 Å². The van der Waals surface area contributed by atoms with E-state index < -0.39 is 0 Å². The Labute approximate surface area is 119 Å². The first-order valence-electron chi connectivity index (χ1n) is 6.62. The number of imidazole rings is 1. The average Bonchev–Trinajstić information content (AvgIpc) is 2.84. The lowest BCUT2D eigenvalue weighted by Gasteiger charge is -2.20. The summed E-state index contributed by atoms with van der Waals surface area (Å²) in [5.41, 5.74) is 2.29. The van der Waals surface area contributed by atoms with Gasteiger partial charge in [0.25, 0.3) is 0 Å². The van der Waals surface area contributed by atoms with Crippen LogP contribution in [0.1, 0.15) is 36.3 Å². The van der Waals surface area contributed by atoms with Crippen molar-refractivity contribution in [2.24, 2.45) is 0 Å². The van der Waals surface area contributed by atoms with E-state index in [1.165, 1.54) is 5.56 Å². The zero-order chi connectivity index (χ0) is 13.8. The Balaban J connectivity index is 2.44. The van der Waals surface area contributed by atoms with Crippen molar-refractivity contribution >= 4 is 11.6 Å². The van der Waals surface area contributed by atoms with Gasteiger partial charge in [0.05, 0.1) is 6.04 Å². The molecule has 1 heterocycles. The molecule has 0 spiro atoms. The predicted molar refractivity (Wildman–Crippen MR) is 79.6 cm³/mol. The Kier molecular flexibility index (Phi) is 4.61. The zero-order valence-electron chi connectivity index (χ0n) is 11.7. The van der Waals surface area contributed by atoms with Crippen molar-refractivity contribution in [1.29, 1.82) is 0 Å². The number of hydrogen-bond donors (Lipinski definition) is 1. The number of nitrogens with zero attached hydrogens (tertiary/aromatic N) is 2. The topological polar surface area (TPSA) is 29.9 Å². The Hall–Kier alpha value is -1.32. The molecule has 0 aliphatic carbocycles. The van der Waals surface area contributed by atoms with Gasteiger partial charge < -0.3 is 9.88 Å². The predicted octanol–water partition coefficient (Wildman–Crippen LogP) is 3.56. The molecule has 1 N–H and O–H groups in total. The van der Waals surface area contributed by atoms with E-state index in [1.807, 2.05) is 31.6 Å². The van der Waals surface area contributed by atoms with Crippen molar-refractivity contribution in [3.8, 4) is 0 Å².